The van der Waals surface area contributed by atoms with Gasteiger partial charge in [0.05, 0.1) is 30.5 Å². The van der Waals surface area contributed by atoms with E-state index < -0.39 is 5.97 Å². The number of carboxylic acid groups (broad SMARTS) is 1. The number of rotatable bonds is 4. The van der Waals surface area contributed by atoms with Crippen molar-refractivity contribution in [2.75, 3.05) is 7.11 Å². The first-order valence-corrected chi connectivity index (χ1v) is 5.58. The Morgan fingerprint density at radius 3 is 2.75 bits per heavy atom. The van der Waals surface area contributed by atoms with Crippen LogP contribution in [0.4, 0.5) is 0 Å². The molecule has 0 unspecified atom stereocenters. The monoisotopic (exact) mass is 270 g/mol. The molecule has 0 spiro atoms. The van der Waals surface area contributed by atoms with Gasteiger partial charge < -0.3 is 14.6 Å². The SMILES string of the molecule is COc1cc(C#N)ccc1Oc1cncc(C(=O)O)c1. The maximum atomic E-state index is 10.9. The molecule has 0 bridgehead atoms. The molecule has 2 rings (SSSR count). The second kappa shape index (κ2) is 5.71. The van der Waals surface area contributed by atoms with Gasteiger partial charge in [0.15, 0.2) is 11.5 Å². The molecule has 1 aromatic carbocycles. The quantitative estimate of drug-likeness (QED) is 0.917. The Bertz CT molecular complexity index is 692. The Hall–Kier alpha value is -3.07. The van der Waals surface area contributed by atoms with Crippen molar-refractivity contribution in [2.24, 2.45) is 0 Å². The fourth-order valence-electron chi connectivity index (χ4n) is 1.54. The Labute approximate surface area is 114 Å². The van der Waals surface area contributed by atoms with Crippen molar-refractivity contribution in [2.45, 2.75) is 0 Å². The number of hydrogen-bond acceptors (Lipinski definition) is 5. The number of aromatic carboxylic acids is 1. The number of pyridine rings is 1. The molecule has 0 fully saturated rings. The highest BCUT2D eigenvalue weighted by atomic mass is 16.5. The van der Waals surface area contributed by atoms with E-state index in [1.807, 2.05) is 6.07 Å². The molecule has 0 radical (unpaired) electrons. The molecule has 1 N–H and O–H groups in total. The molecule has 2 aromatic rings. The zero-order valence-corrected chi connectivity index (χ0v) is 10.5. The first-order valence-electron chi connectivity index (χ1n) is 5.58. The minimum absolute atomic E-state index is 0.0233. The molecule has 0 aliphatic rings. The molecule has 6 heteroatoms. The zero-order valence-electron chi connectivity index (χ0n) is 10.5. The van der Waals surface area contributed by atoms with E-state index in [4.69, 9.17) is 19.8 Å². The molecule has 20 heavy (non-hydrogen) atoms. The second-order valence-electron chi connectivity index (χ2n) is 3.79. The predicted octanol–water partition coefficient (Wildman–Crippen LogP) is 2.45. The van der Waals surface area contributed by atoms with Gasteiger partial charge in [-0.25, -0.2) is 4.79 Å². The third kappa shape index (κ3) is 2.84. The summed E-state index contributed by atoms with van der Waals surface area (Å²) in [6.07, 6.45) is 2.62. The third-order valence-electron chi connectivity index (χ3n) is 2.48. The maximum Gasteiger partial charge on any atom is 0.337 e. The second-order valence-corrected chi connectivity index (χ2v) is 3.79. The average molecular weight is 270 g/mol. The van der Waals surface area contributed by atoms with Crippen LogP contribution in [0.25, 0.3) is 0 Å². The molecule has 6 nitrogen and oxygen atoms in total. The Morgan fingerprint density at radius 2 is 2.10 bits per heavy atom. The van der Waals surface area contributed by atoms with E-state index in [1.54, 1.807) is 12.1 Å². The Balaban J connectivity index is 2.32. The number of ether oxygens (including phenoxy) is 2. The molecule has 100 valence electrons. The fraction of sp³-hybridized carbons (Fsp3) is 0.0714. The molecule has 1 heterocycles. The lowest BCUT2D eigenvalue weighted by Gasteiger charge is -2.10. The number of methoxy groups -OCH3 is 1. The van der Waals surface area contributed by atoms with Crippen molar-refractivity contribution >= 4 is 5.97 Å². The van der Waals surface area contributed by atoms with E-state index in [0.717, 1.165) is 0 Å². The van der Waals surface area contributed by atoms with Crippen LogP contribution in [-0.4, -0.2) is 23.2 Å². The van der Waals surface area contributed by atoms with Crippen LogP contribution in [0.3, 0.4) is 0 Å². The number of hydrogen-bond donors (Lipinski definition) is 1. The average Bonchev–Trinajstić information content (AvgIpc) is 2.48. The highest BCUT2D eigenvalue weighted by Crippen LogP contribution is 2.32. The number of benzene rings is 1. The van der Waals surface area contributed by atoms with Gasteiger partial charge in [-0.2, -0.15) is 5.26 Å². The van der Waals surface area contributed by atoms with Gasteiger partial charge in [0.1, 0.15) is 5.75 Å². The summed E-state index contributed by atoms with van der Waals surface area (Å²) >= 11 is 0. The fourth-order valence-corrected chi connectivity index (χ4v) is 1.54. The number of nitriles is 1. The van der Waals surface area contributed by atoms with E-state index in [2.05, 4.69) is 4.98 Å². The van der Waals surface area contributed by atoms with Crippen molar-refractivity contribution < 1.29 is 19.4 Å². The first kappa shape index (κ1) is 13.4. The predicted molar refractivity (Wildman–Crippen MR) is 69.0 cm³/mol. The normalized spacial score (nSPS) is 9.60. The lowest BCUT2D eigenvalue weighted by Crippen LogP contribution is -1.98. The van der Waals surface area contributed by atoms with Crippen LogP contribution in [0.1, 0.15) is 15.9 Å². The molecule has 0 saturated carbocycles. The van der Waals surface area contributed by atoms with Crippen molar-refractivity contribution in [3.8, 4) is 23.3 Å². The van der Waals surface area contributed by atoms with Crippen molar-refractivity contribution in [3.05, 3.63) is 47.8 Å². The number of nitrogens with zero attached hydrogens (tertiary/aromatic N) is 2. The molecule has 0 aliphatic carbocycles. The molecular formula is C14H10N2O4. The number of carboxylic acids is 1. The Morgan fingerprint density at radius 1 is 1.30 bits per heavy atom. The van der Waals surface area contributed by atoms with Crippen molar-refractivity contribution in [1.82, 2.24) is 4.98 Å². The van der Waals surface area contributed by atoms with E-state index in [-0.39, 0.29) is 11.3 Å². The number of carbonyl (C=O) groups is 1. The topological polar surface area (TPSA) is 92.4 Å². The summed E-state index contributed by atoms with van der Waals surface area (Å²) in [5.41, 5.74) is 0.460. The van der Waals surface area contributed by atoms with Gasteiger partial charge in [-0.15, -0.1) is 0 Å². The minimum Gasteiger partial charge on any atom is -0.493 e. The van der Waals surface area contributed by atoms with Crippen molar-refractivity contribution in [1.29, 1.82) is 5.26 Å². The molecule has 0 atom stereocenters. The molecule has 1 aromatic heterocycles. The zero-order chi connectivity index (χ0) is 14.5. The van der Waals surface area contributed by atoms with E-state index in [9.17, 15) is 4.79 Å². The van der Waals surface area contributed by atoms with Gasteiger partial charge in [0, 0.05) is 12.3 Å². The van der Waals surface area contributed by atoms with E-state index in [1.165, 1.54) is 31.6 Å². The van der Waals surface area contributed by atoms with Crippen LogP contribution in [0, 0.1) is 11.3 Å². The van der Waals surface area contributed by atoms with Gasteiger partial charge in [-0.05, 0) is 18.2 Å². The maximum absolute atomic E-state index is 10.9. The lowest BCUT2D eigenvalue weighted by atomic mass is 10.2. The van der Waals surface area contributed by atoms with Crippen LogP contribution in [0.2, 0.25) is 0 Å². The van der Waals surface area contributed by atoms with Crippen LogP contribution in [0.15, 0.2) is 36.7 Å². The third-order valence-corrected chi connectivity index (χ3v) is 2.48. The first-order chi connectivity index (χ1) is 9.63. The van der Waals surface area contributed by atoms with Gasteiger partial charge in [-0.1, -0.05) is 0 Å². The summed E-state index contributed by atoms with van der Waals surface area (Å²) in [4.78, 5) is 14.6. The molecule has 0 saturated heterocycles. The van der Waals surface area contributed by atoms with Crippen LogP contribution in [-0.2, 0) is 0 Å². The number of aromatic nitrogens is 1. The van der Waals surface area contributed by atoms with Crippen LogP contribution < -0.4 is 9.47 Å². The summed E-state index contributed by atoms with van der Waals surface area (Å²) < 4.78 is 10.7. The summed E-state index contributed by atoms with van der Waals surface area (Å²) in [7, 11) is 1.45. The van der Waals surface area contributed by atoms with Crippen molar-refractivity contribution in [3.63, 3.8) is 0 Å². The summed E-state index contributed by atoms with van der Waals surface area (Å²) in [5, 5.41) is 17.7. The largest absolute Gasteiger partial charge is 0.493 e. The lowest BCUT2D eigenvalue weighted by molar-refractivity contribution is 0.0696. The Kier molecular flexibility index (Phi) is 3.82. The highest BCUT2D eigenvalue weighted by molar-refractivity contribution is 5.87. The summed E-state index contributed by atoms with van der Waals surface area (Å²) in [5.74, 6) is -0.0664. The van der Waals surface area contributed by atoms with Crippen LogP contribution in [0.5, 0.6) is 17.2 Å². The molecule has 0 amide bonds. The van der Waals surface area contributed by atoms with Gasteiger partial charge in [0.2, 0.25) is 0 Å². The van der Waals surface area contributed by atoms with Crippen LogP contribution >= 0.6 is 0 Å². The van der Waals surface area contributed by atoms with E-state index in [0.29, 0.717) is 17.1 Å². The van der Waals surface area contributed by atoms with Gasteiger partial charge in [-0.3, -0.25) is 4.98 Å². The van der Waals surface area contributed by atoms with Gasteiger partial charge in [0.25, 0.3) is 0 Å². The smallest absolute Gasteiger partial charge is 0.337 e. The highest BCUT2D eigenvalue weighted by Gasteiger charge is 2.09. The van der Waals surface area contributed by atoms with E-state index >= 15 is 0 Å². The standard InChI is InChI=1S/C14H10N2O4/c1-19-13-4-9(6-15)2-3-12(13)20-11-5-10(14(17)18)7-16-8-11/h2-5,7-8H,1H3,(H,17,18). The summed E-state index contributed by atoms with van der Waals surface area (Å²) in [6.45, 7) is 0. The summed E-state index contributed by atoms with van der Waals surface area (Å²) in [6, 6.07) is 8.03. The molecule has 0 aliphatic heterocycles. The molecular weight excluding hydrogens is 260 g/mol. The van der Waals surface area contributed by atoms with Gasteiger partial charge >= 0.3 is 5.97 Å². The minimum atomic E-state index is -1.09.